The Hall–Kier alpha value is -2.95. The topological polar surface area (TPSA) is 37.3 Å². The van der Waals surface area contributed by atoms with Gasteiger partial charge in [0, 0.05) is 31.3 Å². The van der Waals surface area contributed by atoms with Crippen molar-refractivity contribution in [2.45, 2.75) is 13.0 Å². The van der Waals surface area contributed by atoms with Crippen LogP contribution in [0.15, 0.2) is 72.4 Å². The molecular weight excluding hydrogens is 298 g/mol. The fourth-order valence-electron chi connectivity index (χ4n) is 2.37. The molecule has 0 bridgehead atoms. The maximum atomic E-state index is 4.42. The second kappa shape index (κ2) is 7.55. The van der Waals surface area contributed by atoms with Crippen LogP contribution in [0.1, 0.15) is 11.1 Å². The number of rotatable bonds is 6. The minimum atomic E-state index is 0.837. The van der Waals surface area contributed by atoms with E-state index >= 15 is 0 Å². The molecule has 0 spiro atoms. The van der Waals surface area contributed by atoms with E-state index in [0.29, 0.717) is 0 Å². The molecule has 0 amide bonds. The summed E-state index contributed by atoms with van der Waals surface area (Å²) in [6.07, 6.45) is 6.41. The Morgan fingerprint density at radius 1 is 1.08 bits per heavy atom. The zero-order chi connectivity index (χ0) is 16.8. The molecule has 0 unspecified atom stereocenters. The Labute approximate surface area is 142 Å². The molecular formula is C19H22N5+. The number of hydrogen-bond acceptors (Lipinski definition) is 3. The number of nitrogens with zero attached hydrogens (tertiary/aromatic N) is 5. The summed E-state index contributed by atoms with van der Waals surface area (Å²) in [5.74, 6) is 0. The van der Waals surface area contributed by atoms with Gasteiger partial charge in [0.25, 0.3) is 6.33 Å². The Bertz CT molecular complexity index is 788. The zero-order valence-corrected chi connectivity index (χ0v) is 14.1. The van der Waals surface area contributed by atoms with Gasteiger partial charge in [0.1, 0.15) is 6.54 Å². The van der Waals surface area contributed by atoms with E-state index in [9.17, 15) is 0 Å². The standard InChI is InChI=1S/C19H22N5/c1-22(2)19-10-8-18(9-11-19)14-20-24-15-21-23(16-24)13-12-17-6-4-3-5-7-17/h3-11,14-16H,12-13H2,1-2H3/q+1. The van der Waals surface area contributed by atoms with Gasteiger partial charge in [0.05, 0.1) is 6.21 Å². The predicted octanol–water partition coefficient (Wildman–Crippen LogP) is 2.36. The van der Waals surface area contributed by atoms with Gasteiger partial charge in [-0.1, -0.05) is 42.5 Å². The molecule has 0 N–H and O–H groups in total. The van der Waals surface area contributed by atoms with E-state index in [1.807, 2.05) is 37.4 Å². The van der Waals surface area contributed by atoms with E-state index in [-0.39, 0.29) is 0 Å². The van der Waals surface area contributed by atoms with Crippen molar-refractivity contribution < 1.29 is 4.68 Å². The molecule has 1 aromatic heterocycles. The zero-order valence-electron chi connectivity index (χ0n) is 14.1. The van der Waals surface area contributed by atoms with Crippen LogP contribution in [0.2, 0.25) is 0 Å². The van der Waals surface area contributed by atoms with Crippen LogP contribution in [0.3, 0.4) is 0 Å². The highest BCUT2D eigenvalue weighted by atomic mass is 15.5. The summed E-state index contributed by atoms with van der Waals surface area (Å²) < 4.78 is 3.63. The molecule has 24 heavy (non-hydrogen) atoms. The second-order valence-corrected chi connectivity index (χ2v) is 5.86. The van der Waals surface area contributed by atoms with Crippen LogP contribution >= 0.6 is 0 Å². The molecule has 0 aliphatic carbocycles. The highest BCUT2D eigenvalue weighted by Crippen LogP contribution is 2.10. The van der Waals surface area contributed by atoms with Gasteiger partial charge in [-0.15, -0.1) is 14.5 Å². The molecule has 2 aromatic carbocycles. The van der Waals surface area contributed by atoms with Crippen LogP contribution in [0.5, 0.6) is 0 Å². The van der Waals surface area contributed by atoms with Crippen molar-refractivity contribution in [1.82, 2.24) is 9.78 Å². The monoisotopic (exact) mass is 320 g/mol. The van der Waals surface area contributed by atoms with Gasteiger partial charge in [-0.3, -0.25) is 0 Å². The lowest BCUT2D eigenvalue weighted by molar-refractivity contribution is -0.679. The predicted molar refractivity (Wildman–Crippen MR) is 96.3 cm³/mol. The molecule has 3 rings (SSSR count). The molecule has 3 aromatic rings. The van der Waals surface area contributed by atoms with Gasteiger partial charge >= 0.3 is 0 Å². The fraction of sp³-hybridized carbons (Fsp3) is 0.211. The average molecular weight is 320 g/mol. The van der Waals surface area contributed by atoms with E-state index in [1.165, 1.54) is 11.3 Å². The van der Waals surface area contributed by atoms with Crippen LogP contribution in [-0.2, 0) is 13.0 Å². The lowest BCUT2D eigenvalue weighted by atomic mass is 10.2. The molecule has 0 fully saturated rings. The Kier molecular flexibility index (Phi) is 5.01. The van der Waals surface area contributed by atoms with E-state index in [2.05, 4.69) is 63.6 Å². The smallest absolute Gasteiger partial charge is 0.288 e. The van der Waals surface area contributed by atoms with Crippen LogP contribution in [0.4, 0.5) is 5.69 Å². The quantitative estimate of drug-likeness (QED) is 0.516. The Morgan fingerprint density at radius 2 is 1.83 bits per heavy atom. The van der Waals surface area contributed by atoms with Crippen molar-refractivity contribution in [1.29, 1.82) is 0 Å². The molecule has 0 saturated heterocycles. The molecule has 5 nitrogen and oxygen atoms in total. The minimum Gasteiger partial charge on any atom is -0.378 e. The largest absolute Gasteiger partial charge is 0.378 e. The molecule has 1 heterocycles. The fourth-order valence-corrected chi connectivity index (χ4v) is 2.37. The van der Waals surface area contributed by atoms with Crippen LogP contribution < -0.4 is 9.58 Å². The summed E-state index contributed by atoms with van der Waals surface area (Å²) >= 11 is 0. The van der Waals surface area contributed by atoms with E-state index < -0.39 is 0 Å². The summed E-state index contributed by atoms with van der Waals surface area (Å²) in [6, 6.07) is 18.7. The number of aryl methyl sites for hydroxylation is 2. The maximum absolute atomic E-state index is 4.42. The van der Waals surface area contributed by atoms with Crippen LogP contribution in [-0.4, -0.2) is 30.1 Å². The summed E-state index contributed by atoms with van der Waals surface area (Å²) in [4.78, 5) is 2.08. The van der Waals surface area contributed by atoms with Crippen LogP contribution in [0, 0.1) is 0 Å². The van der Waals surface area contributed by atoms with E-state index in [1.54, 1.807) is 11.0 Å². The molecule has 0 radical (unpaired) electrons. The molecule has 0 atom stereocenters. The van der Waals surface area contributed by atoms with Gasteiger partial charge < -0.3 is 4.90 Å². The molecule has 0 aliphatic heterocycles. The molecule has 122 valence electrons. The SMILES string of the molecule is CN(C)c1ccc(C=N[n+]2cnn(CCc3ccccc3)c2)cc1. The first-order valence-corrected chi connectivity index (χ1v) is 8.00. The summed E-state index contributed by atoms with van der Waals surface area (Å²) in [5.41, 5.74) is 3.54. The van der Waals surface area contributed by atoms with Crippen molar-refractivity contribution >= 4 is 11.9 Å². The third-order valence-electron chi connectivity index (χ3n) is 3.79. The third kappa shape index (κ3) is 4.29. The van der Waals surface area contributed by atoms with Crippen molar-refractivity contribution in [3.8, 4) is 0 Å². The van der Waals surface area contributed by atoms with Gasteiger partial charge in [0.2, 0.25) is 6.33 Å². The normalized spacial score (nSPS) is 11.1. The highest BCUT2D eigenvalue weighted by molar-refractivity contribution is 5.79. The van der Waals surface area contributed by atoms with Crippen molar-refractivity contribution in [2.24, 2.45) is 5.10 Å². The number of anilines is 1. The third-order valence-corrected chi connectivity index (χ3v) is 3.79. The molecule has 0 saturated carbocycles. The van der Waals surface area contributed by atoms with Crippen molar-refractivity contribution in [3.05, 3.63) is 78.4 Å². The lowest BCUT2D eigenvalue weighted by Crippen LogP contribution is -2.24. The number of aromatic nitrogens is 3. The van der Waals surface area contributed by atoms with Gasteiger partial charge in [-0.2, -0.15) is 0 Å². The Balaban J connectivity index is 1.59. The molecule has 5 heteroatoms. The van der Waals surface area contributed by atoms with Crippen molar-refractivity contribution in [2.75, 3.05) is 19.0 Å². The highest BCUT2D eigenvalue weighted by Gasteiger charge is 2.05. The van der Waals surface area contributed by atoms with Gasteiger partial charge in [-0.25, -0.2) is 0 Å². The summed E-state index contributed by atoms with van der Waals surface area (Å²) in [6.45, 7) is 0.837. The first kappa shape index (κ1) is 15.9. The van der Waals surface area contributed by atoms with E-state index in [4.69, 9.17) is 0 Å². The first-order valence-electron chi connectivity index (χ1n) is 8.00. The number of benzene rings is 2. The molecule has 0 aliphatic rings. The summed E-state index contributed by atoms with van der Waals surface area (Å²) in [7, 11) is 4.06. The summed E-state index contributed by atoms with van der Waals surface area (Å²) in [5, 5.41) is 8.76. The van der Waals surface area contributed by atoms with Crippen LogP contribution in [0.25, 0.3) is 0 Å². The maximum Gasteiger partial charge on any atom is 0.288 e. The van der Waals surface area contributed by atoms with Crippen molar-refractivity contribution in [3.63, 3.8) is 0 Å². The second-order valence-electron chi connectivity index (χ2n) is 5.86. The lowest BCUT2D eigenvalue weighted by Gasteiger charge is -2.11. The van der Waals surface area contributed by atoms with E-state index in [0.717, 1.165) is 18.5 Å². The van der Waals surface area contributed by atoms with Gasteiger partial charge in [-0.05, 0) is 23.3 Å². The first-order chi connectivity index (χ1) is 11.7. The Morgan fingerprint density at radius 3 is 2.54 bits per heavy atom. The van der Waals surface area contributed by atoms with Gasteiger partial charge in [0.15, 0.2) is 0 Å². The average Bonchev–Trinajstić information content (AvgIpc) is 3.07. The number of hydrogen-bond donors (Lipinski definition) is 0. The minimum absolute atomic E-state index is 0.837.